The normalized spacial score (nSPS) is 13.0. The molecule has 0 aromatic rings. The summed E-state index contributed by atoms with van der Waals surface area (Å²) in [5.74, 6) is -0.692. The standard InChI is InChI=1S/C9H16O3.C7H12O3/c1-7(2)5-4-6-12-9(11)8(3)10;1-5(2)4-10-7(9)6(3)8/h4,6-8,10H,5H2,1-3H3;4,6,8H,1-3H3. The zero-order valence-electron chi connectivity index (χ0n) is 14.2. The monoisotopic (exact) mass is 316 g/mol. The van der Waals surface area contributed by atoms with Gasteiger partial charge in [0.2, 0.25) is 0 Å². The van der Waals surface area contributed by atoms with Gasteiger partial charge in [0.05, 0.1) is 12.5 Å². The van der Waals surface area contributed by atoms with E-state index in [1.807, 2.05) is 0 Å². The molecule has 0 aromatic heterocycles. The molecule has 0 spiro atoms. The first-order valence-corrected chi connectivity index (χ1v) is 7.13. The number of aliphatic hydroxyl groups excluding tert-OH is 2. The van der Waals surface area contributed by atoms with E-state index in [4.69, 9.17) is 10.2 Å². The SMILES string of the molecule is CC(C)=COC(=O)C(C)O.CC(C)CC=COC(=O)C(C)O. The van der Waals surface area contributed by atoms with Gasteiger partial charge in [0.1, 0.15) is 12.2 Å². The first-order chi connectivity index (χ1) is 10.1. The molecule has 0 saturated carbocycles. The molecule has 0 amide bonds. The molecule has 0 fully saturated rings. The van der Waals surface area contributed by atoms with Crippen molar-refractivity contribution in [3.8, 4) is 0 Å². The van der Waals surface area contributed by atoms with Crippen LogP contribution >= 0.6 is 0 Å². The fourth-order valence-corrected chi connectivity index (χ4v) is 0.816. The number of carbonyl (C=O) groups excluding carboxylic acids is 2. The van der Waals surface area contributed by atoms with Crippen LogP contribution in [0.2, 0.25) is 0 Å². The highest BCUT2D eigenvalue weighted by Gasteiger charge is 2.08. The van der Waals surface area contributed by atoms with Crippen LogP contribution in [0.4, 0.5) is 0 Å². The predicted molar refractivity (Wildman–Crippen MR) is 83.6 cm³/mol. The van der Waals surface area contributed by atoms with Gasteiger partial charge in [0, 0.05) is 0 Å². The molecule has 22 heavy (non-hydrogen) atoms. The molecule has 0 saturated heterocycles. The van der Waals surface area contributed by atoms with Gasteiger partial charge in [-0.25, -0.2) is 9.59 Å². The van der Waals surface area contributed by atoms with E-state index < -0.39 is 24.1 Å². The van der Waals surface area contributed by atoms with Crippen molar-refractivity contribution in [2.45, 2.75) is 60.2 Å². The Balaban J connectivity index is 0. The van der Waals surface area contributed by atoms with Gasteiger partial charge < -0.3 is 19.7 Å². The Morgan fingerprint density at radius 1 is 0.955 bits per heavy atom. The van der Waals surface area contributed by atoms with Crippen LogP contribution < -0.4 is 0 Å². The van der Waals surface area contributed by atoms with E-state index >= 15 is 0 Å². The lowest BCUT2D eigenvalue weighted by atomic mass is 10.1. The zero-order chi connectivity index (χ0) is 17.7. The minimum absolute atomic E-state index is 0.548. The molecule has 128 valence electrons. The first-order valence-electron chi connectivity index (χ1n) is 7.13. The molecule has 2 atom stereocenters. The Labute approximate surface area is 132 Å². The van der Waals surface area contributed by atoms with Crippen LogP contribution in [0.5, 0.6) is 0 Å². The van der Waals surface area contributed by atoms with E-state index in [-0.39, 0.29) is 0 Å². The maximum atomic E-state index is 10.7. The van der Waals surface area contributed by atoms with Gasteiger partial charge in [-0.3, -0.25) is 0 Å². The molecule has 0 aliphatic carbocycles. The highest BCUT2D eigenvalue weighted by atomic mass is 16.5. The van der Waals surface area contributed by atoms with Crippen LogP contribution in [0.3, 0.4) is 0 Å². The van der Waals surface area contributed by atoms with Crippen molar-refractivity contribution in [3.05, 3.63) is 24.2 Å². The van der Waals surface area contributed by atoms with Crippen LogP contribution in [0, 0.1) is 5.92 Å². The summed E-state index contributed by atoms with van der Waals surface area (Å²) < 4.78 is 9.10. The second-order valence-corrected chi connectivity index (χ2v) is 5.42. The lowest BCUT2D eigenvalue weighted by Gasteiger charge is -2.01. The molecule has 0 aliphatic rings. The van der Waals surface area contributed by atoms with E-state index in [2.05, 4.69) is 23.3 Å². The van der Waals surface area contributed by atoms with Gasteiger partial charge in [-0.05, 0) is 51.7 Å². The maximum absolute atomic E-state index is 10.7. The quantitative estimate of drug-likeness (QED) is 0.577. The van der Waals surface area contributed by atoms with E-state index in [9.17, 15) is 9.59 Å². The highest BCUT2D eigenvalue weighted by molar-refractivity contribution is 5.74. The molecule has 6 nitrogen and oxygen atoms in total. The summed E-state index contributed by atoms with van der Waals surface area (Å²) in [6.07, 6.45) is 3.19. The fraction of sp³-hybridized carbons (Fsp3) is 0.625. The largest absolute Gasteiger partial charge is 0.433 e. The van der Waals surface area contributed by atoms with Gasteiger partial charge in [-0.1, -0.05) is 13.8 Å². The Morgan fingerprint density at radius 3 is 1.77 bits per heavy atom. The summed E-state index contributed by atoms with van der Waals surface area (Å²) in [6.45, 7) is 10.5. The summed E-state index contributed by atoms with van der Waals surface area (Å²) >= 11 is 0. The average molecular weight is 316 g/mol. The van der Waals surface area contributed by atoms with Gasteiger partial charge in [0.25, 0.3) is 0 Å². The van der Waals surface area contributed by atoms with Crippen molar-refractivity contribution in [2.24, 2.45) is 5.92 Å². The van der Waals surface area contributed by atoms with Crippen LogP contribution in [0.1, 0.15) is 48.0 Å². The van der Waals surface area contributed by atoms with Gasteiger partial charge in [0.15, 0.2) is 0 Å². The number of aliphatic hydroxyl groups is 2. The Kier molecular flexibility index (Phi) is 13.4. The van der Waals surface area contributed by atoms with Gasteiger partial charge >= 0.3 is 11.9 Å². The van der Waals surface area contributed by atoms with Crippen molar-refractivity contribution in [1.82, 2.24) is 0 Å². The second-order valence-electron chi connectivity index (χ2n) is 5.42. The van der Waals surface area contributed by atoms with E-state index in [1.54, 1.807) is 19.9 Å². The number of ether oxygens (including phenoxy) is 2. The lowest BCUT2D eigenvalue weighted by Crippen LogP contribution is -2.16. The Hall–Kier alpha value is -1.66. The number of allylic oxidation sites excluding steroid dienone is 2. The summed E-state index contributed by atoms with van der Waals surface area (Å²) in [4.78, 5) is 21.2. The number of hydrogen-bond donors (Lipinski definition) is 2. The Morgan fingerprint density at radius 2 is 1.41 bits per heavy atom. The van der Waals surface area contributed by atoms with Crippen LogP contribution in [-0.2, 0) is 19.1 Å². The molecule has 0 aliphatic heterocycles. The van der Waals surface area contributed by atoms with Gasteiger partial charge in [-0.2, -0.15) is 0 Å². The van der Waals surface area contributed by atoms with Crippen molar-refractivity contribution >= 4 is 11.9 Å². The Bertz CT molecular complexity index is 376. The minimum atomic E-state index is -1.05. The third-order valence-corrected chi connectivity index (χ3v) is 1.98. The third kappa shape index (κ3) is 16.4. The van der Waals surface area contributed by atoms with Crippen molar-refractivity contribution in [2.75, 3.05) is 0 Å². The summed E-state index contributed by atoms with van der Waals surface area (Å²) in [5, 5.41) is 17.4. The smallest absolute Gasteiger partial charge is 0.339 e. The number of esters is 2. The van der Waals surface area contributed by atoms with E-state index in [1.165, 1.54) is 26.4 Å². The molecule has 0 heterocycles. The second kappa shape index (κ2) is 13.0. The fourth-order valence-electron chi connectivity index (χ4n) is 0.816. The van der Waals surface area contributed by atoms with Crippen LogP contribution in [0.25, 0.3) is 0 Å². The summed E-state index contributed by atoms with van der Waals surface area (Å²) in [7, 11) is 0. The van der Waals surface area contributed by atoms with Gasteiger partial charge in [-0.15, -0.1) is 0 Å². The van der Waals surface area contributed by atoms with Crippen LogP contribution in [-0.4, -0.2) is 34.4 Å². The van der Waals surface area contributed by atoms with E-state index in [0.29, 0.717) is 5.92 Å². The first kappa shape index (κ1) is 22.6. The molecule has 0 rings (SSSR count). The number of rotatable bonds is 6. The molecule has 6 heteroatoms. The maximum Gasteiger partial charge on any atom is 0.339 e. The minimum Gasteiger partial charge on any atom is -0.433 e. The number of carbonyl (C=O) groups is 2. The predicted octanol–water partition coefficient (Wildman–Crippen LogP) is 2.30. The van der Waals surface area contributed by atoms with E-state index in [0.717, 1.165) is 12.0 Å². The van der Waals surface area contributed by atoms with Crippen molar-refractivity contribution in [3.63, 3.8) is 0 Å². The summed E-state index contributed by atoms with van der Waals surface area (Å²) in [6, 6.07) is 0. The molecule has 0 bridgehead atoms. The molecule has 0 aromatic carbocycles. The summed E-state index contributed by atoms with van der Waals surface area (Å²) in [5.41, 5.74) is 0.883. The number of hydrogen-bond acceptors (Lipinski definition) is 6. The molecular formula is C16H28O6. The third-order valence-electron chi connectivity index (χ3n) is 1.98. The highest BCUT2D eigenvalue weighted by Crippen LogP contribution is 2.00. The molecular weight excluding hydrogens is 288 g/mol. The van der Waals surface area contributed by atoms with Crippen LogP contribution in [0.15, 0.2) is 24.2 Å². The topological polar surface area (TPSA) is 93.1 Å². The lowest BCUT2D eigenvalue weighted by molar-refractivity contribution is -0.147. The molecule has 2 unspecified atom stereocenters. The van der Waals surface area contributed by atoms with Crippen molar-refractivity contribution < 1.29 is 29.3 Å². The molecule has 2 N–H and O–H groups in total. The average Bonchev–Trinajstić information content (AvgIpc) is 2.40. The van der Waals surface area contributed by atoms with Crippen molar-refractivity contribution in [1.29, 1.82) is 0 Å². The molecule has 0 radical (unpaired) electrons. The zero-order valence-corrected chi connectivity index (χ0v) is 14.2.